The van der Waals surface area contributed by atoms with Crippen molar-refractivity contribution in [2.45, 2.75) is 45.1 Å². The van der Waals surface area contributed by atoms with Gasteiger partial charge in [0.15, 0.2) is 0 Å². The van der Waals surface area contributed by atoms with Crippen LogP contribution >= 0.6 is 0 Å². The molecule has 5 heteroatoms. The first kappa shape index (κ1) is 13.6. The van der Waals surface area contributed by atoms with Crippen molar-refractivity contribution in [3.8, 4) is 0 Å². The first-order chi connectivity index (χ1) is 9.08. The fourth-order valence-electron chi connectivity index (χ4n) is 2.74. The number of primary amides is 1. The van der Waals surface area contributed by atoms with Crippen LogP contribution in [0.1, 0.15) is 49.4 Å². The number of carbonyl (C=O) groups is 1. The minimum Gasteiger partial charge on any atom is -0.397 e. The van der Waals surface area contributed by atoms with E-state index in [2.05, 4.69) is 17.2 Å². The normalized spacial score (nSPS) is 17.9. The number of anilines is 2. The Morgan fingerprint density at radius 3 is 2.74 bits per heavy atom. The molecule has 104 valence electrons. The number of rotatable bonds is 4. The number of nitrogens with zero attached hydrogens (tertiary/aromatic N) is 1. The van der Waals surface area contributed by atoms with Crippen LogP contribution < -0.4 is 16.8 Å². The number of nitrogens with two attached hydrogens (primary N) is 2. The second-order valence-corrected chi connectivity index (χ2v) is 5.35. The monoisotopic (exact) mass is 262 g/mol. The Bertz CT molecular complexity index is 455. The number of nitrogen functional groups attached to an aromatic ring is 1. The van der Waals surface area contributed by atoms with Gasteiger partial charge in [-0.3, -0.25) is 4.79 Å². The van der Waals surface area contributed by atoms with E-state index < -0.39 is 5.91 Å². The lowest BCUT2D eigenvalue weighted by Crippen LogP contribution is -2.28. The van der Waals surface area contributed by atoms with Crippen LogP contribution in [0.2, 0.25) is 0 Å². The predicted molar refractivity (Wildman–Crippen MR) is 76.8 cm³/mol. The molecule has 1 amide bonds. The lowest BCUT2D eigenvalue weighted by molar-refractivity contribution is 0.100. The molecular weight excluding hydrogens is 240 g/mol. The summed E-state index contributed by atoms with van der Waals surface area (Å²) in [6, 6.07) is 1.98. The molecule has 0 radical (unpaired) electrons. The molecule has 1 unspecified atom stereocenters. The van der Waals surface area contributed by atoms with E-state index in [-0.39, 0.29) is 0 Å². The predicted octanol–water partition coefficient (Wildman–Crippen LogP) is 2.14. The van der Waals surface area contributed by atoms with Gasteiger partial charge < -0.3 is 16.8 Å². The second-order valence-electron chi connectivity index (χ2n) is 5.35. The summed E-state index contributed by atoms with van der Waals surface area (Å²) in [5.41, 5.74) is 11.6. The Labute approximate surface area is 113 Å². The smallest absolute Gasteiger partial charge is 0.250 e. The van der Waals surface area contributed by atoms with Crippen molar-refractivity contribution < 1.29 is 4.79 Å². The molecule has 5 N–H and O–H groups in total. The molecule has 0 aromatic carbocycles. The highest BCUT2D eigenvalue weighted by Gasteiger charge is 2.20. The van der Waals surface area contributed by atoms with Crippen LogP contribution in [0, 0.1) is 5.92 Å². The van der Waals surface area contributed by atoms with E-state index in [1.165, 1.54) is 38.3 Å². The van der Waals surface area contributed by atoms with Crippen LogP contribution in [-0.4, -0.2) is 16.9 Å². The molecule has 0 bridgehead atoms. The molecule has 1 aliphatic rings. The molecule has 1 saturated carbocycles. The third-order valence-corrected chi connectivity index (χ3v) is 3.93. The van der Waals surface area contributed by atoms with Gasteiger partial charge in [-0.1, -0.05) is 19.3 Å². The molecule has 19 heavy (non-hydrogen) atoms. The highest BCUT2D eigenvalue weighted by Crippen LogP contribution is 2.28. The van der Waals surface area contributed by atoms with E-state index in [0.29, 0.717) is 29.0 Å². The van der Waals surface area contributed by atoms with Gasteiger partial charge in [-0.2, -0.15) is 0 Å². The van der Waals surface area contributed by atoms with Crippen molar-refractivity contribution in [1.29, 1.82) is 0 Å². The highest BCUT2D eigenvalue weighted by molar-refractivity contribution is 5.98. The minimum absolute atomic E-state index is 0.323. The van der Waals surface area contributed by atoms with Crippen molar-refractivity contribution in [3.05, 3.63) is 17.8 Å². The Kier molecular flexibility index (Phi) is 4.24. The SMILES string of the molecule is CC(Nc1cc(C(N)=O)c(N)cn1)C1CCCCC1. The Hall–Kier alpha value is -1.78. The Morgan fingerprint density at radius 1 is 1.42 bits per heavy atom. The highest BCUT2D eigenvalue weighted by atomic mass is 16.1. The van der Waals surface area contributed by atoms with Crippen LogP contribution in [0.15, 0.2) is 12.3 Å². The average molecular weight is 262 g/mol. The molecule has 0 spiro atoms. The topological polar surface area (TPSA) is 94.0 Å². The molecule has 2 rings (SSSR count). The van der Waals surface area contributed by atoms with E-state index in [1.54, 1.807) is 6.07 Å². The van der Waals surface area contributed by atoms with Gasteiger partial charge >= 0.3 is 0 Å². The van der Waals surface area contributed by atoms with Crippen LogP contribution in [0.4, 0.5) is 11.5 Å². The van der Waals surface area contributed by atoms with Crippen molar-refractivity contribution >= 4 is 17.4 Å². The van der Waals surface area contributed by atoms with Gasteiger partial charge in [0.1, 0.15) is 5.82 Å². The van der Waals surface area contributed by atoms with Crippen LogP contribution in [-0.2, 0) is 0 Å². The molecule has 0 saturated heterocycles. The average Bonchev–Trinajstić information content (AvgIpc) is 2.41. The van der Waals surface area contributed by atoms with Crippen LogP contribution in [0.5, 0.6) is 0 Å². The molecule has 1 fully saturated rings. The zero-order valence-electron chi connectivity index (χ0n) is 11.4. The van der Waals surface area contributed by atoms with Gasteiger partial charge in [-0.15, -0.1) is 0 Å². The van der Waals surface area contributed by atoms with Gasteiger partial charge in [0.2, 0.25) is 0 Å². The standard InChI is InChI=1S/C14H22N4O/c1-9(10-5-3-2-4-6-10)18-13-7-11(14(16)19)12(15)8-17-13/h7-10H,2-6,15H2,1H3,(H2,16,19)(H,17,18). The third-order valence-electron chi connectivity index (χ3n) is 3.93. The molecule has 1 aliphatic carbocycles. The van der Waals surface area contributed by atoms with Gasteiger partial charge in [-0.25, -0.2) is 4.98 Å². The quantitative estimate of drug-likeness (QED) is 0.775. The van der Waals surface area contributed by atoms with E-state index in [0.717, 1.165) is 0 Å². The van der Waals surface area contributed by atoms with E-state index in [4.69, 9.17) is 11.5 Å². The van der Waals surface area contributed by atoms with Crippen molar-refractivity contribution in [3.63, 3.8) is 0 Å². The van der Waals surface area contributed by atoms with Crippen LogP contribution in [0.3, 0.4) is 0 Å². The zero-order valence-corrected chi connectivity index (χ0v) is 11.4. The van der Waals surface area contributed by atoms with Crippen molar-refractivity contribution in [2.24, 2.45) is 11.7 Å². The number of hydrogen-bond donors (Lipinski definition) is 3. The summed E-state index contributed by atoms with van der Waals surface area (Å²) in [7, 11) is 0. The number of amides is 1. The Balaban J connectivity index is 2.05. The van der Waals surface area contributed by atoms with E-state index in [1.807, 2.05) is 0 Å². The number of aromatic nitrogens is 1. The fourth-order valence-corrected chi connectivity index (χ4v) is 2.74. The maximum atomic E-state index is 11.2. The molecular formula is C14H22N4O. The summed E-state index contributed by atoms with van der Waals surface area (Å²) < 4.78 is 0. The van der Waals surface area contributed by atoms with E-state index in [9.17, 15) is 4.79 Å². The van der Waals surface area contributed by atoms with Crippen LogP contribution in [0.25, 0.3) is 0 Å². The van der Waals surface area contributed by atoms with Crippen molar-refractivity contribution in [2.75, 3.05) is 11.1 Å². The molecule has 1 aromatic rings. The molecule has 1 atom stereocenters. The number of pyridine rings is 1. The second kappa shape index (κ2) is 5.91. The molecule has 5 nitrogen and oxygen atoms in total. The van der Waals surface area contributed by atoms with Crippen molar-refractivity contribution in [1.82, 2.24) is 4.98 Å². The first-order valence-electron chi connectivity index (χ1n) is 6.90. The maximum Gasteiger partial charge on any atom is 0.250 e. The summed E-state index contributed by atoms with van der Waals surface area (Å²) >= 11 is 0. The lowest BCUT2D eigenvalue weighted by Gasteiger charge is -2.28. The number of carbonyl (C=O) groups excluding carboxylic acids is 1. The summed E-state index contributed by atoms with van der Waals surface area (Å²) in [4.78, 5) is 15.5. The van der Waals surface area contributed by atoms with Gasteiger partial charge in [-0.05, 0) is 31.7 Å². The third kappa shape index (κ3) is 3.36. The number of nitrogens with one attached hydrogen (secondary N) is 1. The first-order valence-corrected chi connectivity index (χ1v) is 6.90. The molecule has 0 aliphatic heterocycles. The van der Waals surface area contributed by atoms with Gasteiger partial charge in [0.25, 0.3) is 5.91 Å². The maximum absolute atomic E-state index is 11.2. The largest absolute Gasteiger partial charge is 0.397 e. The number of hydrogen-bond acceptors (Lipinski definition) is 4. The molecule has 1 aromatic heterocycles. The zero-order chi connectivity index (χ0) is 13.8. The summed E-state index contributed by atoms with van der Waals surface area (Å²) in [5, 5.41) is 3.36. The Morgan fingerprint density at radius 2 is 2.11 bits per heavy atom. The van der Waals surface area contributed by atoms with E-state index >= 15 is 0 Å². The molecule has 1 heterocycles. The summed E-state index contributed by atoms with van der Waals surface area (Å²) in [6.45, 7) is 2.16. The van der Waals surface area contributed by atoms with Gasteiger partial charge in [0, 0.05) is 6.04 Å². The fraction of sp³-hybridized carbons (Fsp3) is 0.571. The minimum atomic E-state index is -0.520. The summed E-state index contributed by atoms with van der Waals surface area (Å²) in [5.74, 6) is 0.819. The van der Waals surface area contributed by atoms with Gasteiger partial charge in [0.05, 0.1) is 17.4 Å². The lowest BCUT2D eigenvalue weighted by atomic mass is 9.84. The summed E-state index contributed by atoms with van der Waals surface area (Å²) in [6.07, 6.45) is 7.94.